The Hall–Kier alpha value is -0.500. The summed E-state index contributed by atoms with van der Waals surface area (Å²) in [4.78, 5) is 11.1. The van der Waals surface area contributed by atoms with E-state index in [0.29, 0.717) is 0 Å². The third kappa shape index (κ3) is 3.81. The van der Waals surface area contributed by atoms with Crippen LogP contribution < -0.4 is 0 Å². The van der Waals surface area contributed by atoms with Gasteiger partial charge < -0.3 is 4.74 Å². The fourth-order valence-electron chi connectivity index (χ4n) is 1.58. The minimum Gasteiger partial charge on any atom is -0.458 e. The third-order valence-corrected chi connectivity index (χ3v) is 2.45. The molecule has 0 aromatic carbocycles. The van der Waals surface area contributed by atoms with Crippen molar-refractivity contribution >= 4 is 17.6 Å². The zero-order valence-corrected chi connectivity index (χ0v) is 8.48. The lowest BCUT2D eigenvalue weighted by Gasteiger charge is -2.14. The lowest BCUT2D eigenvalue weighted by molar-refractivity contribution is -0.144. The maximum absolute atomic E-state index is 11.1. The zero-order chi connectivity index (χ0) is 9.68. The predicted octanol–water partition coefficient (Wildman–Crippen LogP) is 3.00. The van der Waals surface area contributed by atoms with E-state index in [-0.39, 0.29) is 11.1 Å². The van der Waals surface area contributed by atoms with Crippen molar-refractivity contribution in [3.05, 3.63) is 11.6 Å². The molecule has 0 aromatic heterocycles. The molecule has 0 atom stereocenters. The van der Waals surface area contributed by atoms with Gasteiger partial charge in [0.05, 0.1) is 0 Å². The van der Waals surface area contributed by atoms with E-state index in [1.54, 1.807) is 0 Å². The Morgan fingerprint density at radius 3 is 2.23 bits per heavy atom. The highest BCUT2D eigenvalue weighted by Gasteiger charge is 2.17. The first-order valence-electron chi connectivity index (χ1n) is 4.75. The fraction of sp³-hybridized carbons (Fsp3) is 0.700. The maximum atomic E-state index is 11.1. The number of hydrogen-bond acceptors (Lipinski definition) is 2. The van der Waals surface area contributed by atoms with E-state index in [1.807, 2.05) is 0 Å². The first kappa shape index (κ1) is 10.6. The zero-order valence-electron chi connectivity index (χ0n) is 7.72. The van der Waals surface area contributed by atoms with Crippen LogP contribution in [0.2, 0.25) is 0 Å². The molecule has 0 bridgehead atoms. The van der Waals surface area contributed by atoms with Crippen LogP contribution in [-0.2, 0) is 9.53 Å². The van der Waals surface area contributed by atoms with Crippen LogP contribution >= 0.6 is 11.6 Å². The molecule has 13 heavy (non-hydrogen) atoms. The molecule has 2 nitrogen and oxygen atoms in total. The van der Waals surface area contributed by atoms with Gasteiger partial charge in [-0.2, -0.15) is 0 Å². The third-order valence-electron chi connectivity index (χ3n) is 2.30. The Balaban J connectivity index is 2.33. The molecule has 0 heterocycles. The minimum absolute atomic E-state index is 0.0238. The average Bonchev–Trinajstić information content (AvgIpc) is 2.32. The number of rotatable bonds is 2. The van der Waals surface area contributed by atoms with Gasteiger partial charge in [-0.1, -0.05) is 31.0 Å². The van der Waals surface area contributed by atoms with Crippen LogP contribution in [0.15, 0.2) is 11.6 Å². The second kappa shape index (κ2) is 5.28. The first-order chi connectivity index (χ1) is 6.20. The summed E-state index contributed by atoms with van der Waals surface area (Å²) < 4.78 is 5.16. The highest BCUT2D eigenvalue weighted by molar-refractivity contribution is 6.40. The molecular formula is C10H15ClO2. The Morgan fingerprint density at radius 1 is 1.23 bits per heavy atom. The highest BCUT2D eigenvalue weighted by Crippen LogP contribution is 2.20. The molecule has 0 radical (unpaired) electrons. The van der Waals surface area contributed by atoms with Crippen molar-refractivity contribution in [3.8, 4) is 0 Å². The van der Waals surface area contributed by atoms with E-state index < -0.39 is 5.97 Å². The summed E-state index contributed by atoms with van der Waals surface area (Å²) in [7, 11) is 0. The molecule has 0 aliphatic heterocycles. The van der Waals surface area contributed by atoms with Gasteiger partial charge in [0.25, 0.3) is 0 Å². The first-order valence-corrected chi connectivity index (χ1v) is 5.13. The second-order valence-electron chi connectivity index (χ2n) is 3.42. The SMILES string of the molecule is C=C(Cl)C(=O)OC1CCCCCC1. The Kier molecular flexibility index (Phi) is 4.29. The van der Waals surface area contributed by atoms with Gasteiger partial charge in [-0.15, -0.1) is 0 Å². The lowest BCUT2D eigenvalue weighted by Crippen LogP contribution is -2.17. The topological polar surface area (TPSA) is 26.3 Å². The molecule has 0 aromatic rings. The molecular weight excluding hydrogens is 188 g/mol. The van der Waals surface area contributed by atoms with Crippen molar-refractivity contribution in [2.45, 2.75) is 44.6 Å². The quantitative estimate of drug-likeness (QED) is 0.391. The van der Waals surface area contributed by atoms with Gasteiger partial charge in [0.1, 0.15) is 11.1 Å². The molecule has 0 saturated heterocycles. The van der Waals surface area contributed by atoms with Gasteiger partial charge in [0.2, 0.25) is 0 Å². The Bertz CT molecular complexity index is 193. The van der Waals surface area contributed by atoms with Gasteiger partial charge in [-0.3, -0.25) is 0 Å². The van der Waals surface area contributed by atoms with E-state index in [1.165, 1.54) is 12.8 Å². The fourth-order valence-corrected chi connectivity index (χ4v) is 1.62. The Labute approximate surface area is 83.9 Å². The van der Waals surface area contributed by atoms with Gasteiger partial charge in [-0.25, -0.2) is 4.79 Å². The molecule has 0 amide bonds. The summed E-state index contributed by atoms with van der Waals surface area (Å²) in [6.07, 6.45) is 6.78. The molecule has 3 heteroatoms. The maximum Gasteiger partial charge on any atom is 0.349 e. The van der Waals surface area contributed by atoms with Crippen molar-refractivity contribution in [1.82, 2.24) is 0 Å². The summed E-state index contributed by atoms with van der Waals surface area (Å²) in [5, 5.41) is -0.0238. The van der Waals surface area contributed by atoms with Crippen molar-refractivity contribution in [2.24, 2.45) is 0 Å². The molecule has 0 N–H and O–H groups in total. The molecule has 1 saturated carbocycles. The standard InChI is InChI=1S/C10H15ClO2/c1-8(11)10(12)13-9-6-4-2-3-5-7-9/h9H,1-7H2. The predicted molar refractivity (Wildman–Crippen MR) is 52.6 cm³/mol. The van der Waals surface area contributed by atoms with Crippen LogP contribution in [0, 0.1) is 0 Å². The van der Waals surface area contributed by atoms with E-state index in [9.17, 15) is 4.79 Å². The molecule has 0 spiro atoms. The normalized spacial score (nSPS) is 19.2. The monoisotopic (exact) mass is 202 g/mol. The van der Waals surface area contributed by atoms with Crippen molar-refractivity contribution in [3.63, 3.8) is 0 Å². The second-order valence-corrected chi connectivity index (χ2v) is 3.88. The number of hydrogen-bond donors (Lipinski definition) is 0. The summed E-state index contributed by atoms with van der Waals surface area (Å²) in [5.41, 5.74) is 0. The van der Waals surface area contributed by atoms with Crippen LogP contribution in [0.1, 0.15) is 38.5 Å². The number of carbonyl (C=O) groups excluding carboxylic acids is 1. The Morgan fingerprint density at radius 2 is 1.77 bits per heavy atom. The van der Waals surface area contributed by atoms with Gasteiger partial charge in [0, 0.05) is 0 Å². The van der Waals surface area contributed by atoms with Crippen LogP contribution in [-0.4, -0.2) is 12.1 Å². The summed E-state index contributed by atoms with van der Waals surface area (Å²) in [5.74, 6) is -0.464. The number of esters is 1. The smallest absolute Gasteiger partial charge is 0.349 e. The summed E-state index contributed by atoms with van der Waals surface area (Å²) in [6, 6.07) is 0. The summed E-state index contributed by atoms with van der Waals surface area (Å²) >= 11 is 5.42. The van der Waals surface area contributed by atoms with Crippen LogP contribution in [0.3, 0.4) is 0 Å². The van der Waals surface area contributed by atoms with Crippen LogP contribution in [0.5, 0.6) is 0 Å². The van der Waals surface area contributed by atoms with Crippen molar-refractivity contribution in [2.75, 3.05) is 0 Å². The number of carbonyl (C=O) groups is 1. The van der Waals surface area contributed by atoms with Crippen molar-refractivity contribution < 1.29 is 9.53 Å². The summed E-state index contributed by atoms with van der Waals surface area (Å²) in [6.45, 7) is 3.33. The largest absolute Gasteiger partial charge is 0.458 e. The van der Waals surface area contributed by atoms with Crippen LogP contribution in [0.25, 0.3) is 0 Å². The van der Waals surface area contributed by atoms with E-state index >= 15 is 0 Å². The average molecular weight is 203 g/mol. The van der Waals surface area contributed by atoms with E-state index in [0.717, 1.165) is 25.7 Å². The van der Waals surface area contributed by atoms with Crippen molar-refractivity contribution in [1.29, 1.82) is 0 Å². The number of ether oxygens (including phenoxy) is 1. The molecule has 1 aliphatic carbocycles. The molecule has 0 unspecified atom stereocenters. The van der Waals surface area contributed by atoms with E-state index in [2.05, 4.69) is 6.58 Å². The molecule has 1 rings (SSSR count). The highest BCUT2D eigenvalue weighted by atomic mass is 35.5. The molecule has 1 aliphatic rings. The van der Waals surface area contributed by atoms with Gasteiger partial charge >= 0.3 is 5.97 Å². The minimum atomic E-state index is -0.464. The molecule has 1 fully saturated rings. The van der Waals surface area contributed by atoms with E-state index in [4.69, 9.17) is 16.3 Å². The van der Waals surface area contributed by atoms with Gasteiger partial charge in [0.15, 0.2) is 0 Å². The molecule has 74 valence electrons. The van der Waals surface area contributed by atoms with Gasteiger partial charge in [-0.05, 0) is 25.7 Å². The lowest BCUT2D eigenvalue weighted by atomic mass is 10.1. The van der Waals surface area contributed by atoms with Crippen LogP contribution in [0.4, 0.5) is 0 Å². The number of halogens is 1.